The van der Waals surface area contributed by atoms with Crippen LogP contribution in [0, 0.1) is 5.92 Å². The Morgan fingerprint density at radius 1 is 1.38 bits per heavy atom. The number of rotatable bonds is 6. The van der Waals surface area contributed by atoms with Gasteiger partial charge in [-0.25, -0.2) is 8.42 Å². The second-order valence-electron chi connectivity index (χ2n) is 5.61. The first kappa shape index (κ1) is 16.5. The van der Waals surface area contributed by atoms with Gasteiger partial charge in [-0.2, -0.15) is 0 Å². The molecule has 0 aromatic heterocycles. The Morgan fingerprint density at radius 2 is 2.00 bits per heavy atom. The van der Waals surface area contributed by atoms with Crippen molar-refractivity contribution in [1.29, 1.82) is 0 Å². The molecule has 3 unspecified atom stereocenters. The van der Waals surface area contributed by atoms with E-state index in [2.05, 4.69) is 21.2 Å². The summed E-state index contributed by atoms with van der Waals surface area (Å²) < 4.78 is 24.1. The highest BCUT2D eigenvalue weighted by atomic mass is 79.9. The van der Waals surface area contributed by atoms with Gasteiger partial charge in [-0.3, -0.25) is 4.79 Å². The number of carbonyl (C=O) groups is 1. The van der Waals surface area contributed by atoms with Crippen LogP contribution in [0.3, 0.4) is 0 Å². The number of amides is 1. The molecule has 0 saturated heterocycles. The fourth-order valence-corrected chi connectivity index (χ4v) is 3.80. The summed E-state index contributed by atoms with van der Waals surface area (Å²) in [7, 11) is -3.06. The molecule has 21 heavy (non-hydrogen) atoms. The number of carbonyl (C=O) groups excluding carboxylic acids is 1. The van der Waals surface area contributed by atoms with Gasteiger partial charge in [0.15, 0.2) is 9.84 Å². The zero-order valence-corrected chi connectivity index (χ0v) is 14.6. The normalized spacial score (nSPS) is 22.6. The molecule has 1 fully saturated rings. The largest absolute Gasteiger partial charge is 0.352 e. The molecular weight excluding hydrogens is 354 g/mol. The Hall–Kier alpha value is -0.880. The van der Waals surface area contributed by atoms with Crippen LogP contribution >= 0.6 is 15.9 Å². The van der Waals surface area contributed by atoms with Gasteiger partial charge in [0.05, 0.1) is 5.75 Å². The Labute approximate surface area is 134 Å². The molecule has 2 rings (SSSR count). The second kappa shape index (κ2) is 6.48. The average molecular weight is 374 g/mol. The SMILES string of the molecule is CCS(=O)(=O)CC(C)NC(=O)C1CC1c1ccc(Br)cc1. The van der Waals surface area contributed by atoms with E-state index in [0.29, 0.717) is 0 Å². The molecule has 0 heterocycles. The molecule has 4 nitrogen and oxygen atoms in total. The minimum Gasteiger partial charge on any atom is -0.352 e. The smallest absolute Gasteiger partial charge is 0.223 e. The minimum absolute atomic E-state index is 0.00487. The van der Waals surface area contributed by atoms with Crippen LogP contribution in [-0.4, -0.2) is 31.9 Å². The zero-order chi connectivity index (χ0) is 15.6. The second-order valence-corrected chi connectivity index (χ2v) is 8.92. The van der Waals surface area contributed by atoms with Crippen LogP contribution in [0.15, 0.2) is 28.7 Å². The van der Waals surface area contributed by atoms with Crippen LogP contribution in [-0.2, 0) is 14.6 Å². The van der Waals surface area contributed by atoms with E-state index in [1.54, 1.807) is 13.8 Å². The van der Waals surface area contributed by atoms with Gasteiger partial charge in [0, 0.05) is 22.2 Å². The lowest BCUT2D eigenvalue weighted by Gasteiger charge is -2.13. The van der Waals surface area contributed by atoms with E-state index in [4.69, 9.17) is 0 Å². The number of sulfone groups is 1. The van der Waals surface area contributed by atoms with E-state index in [9.17, 15) is 13.2 Å². The Morgan fingerprint density at radius 3 is 2.57 bits per heavy atom. The molecule has 1 amide bonds. The number of hydrogen-bond acceptors (Lipinski definition) is 3. The maximum Gasteiger partial charge on any atom is 0.223 e. The fraction of sp³-hybridized carbons (Fsp3) is 0.533. The maximum atomic E-state index is 12.1. The lowest BCUT2D eigenvalue weighted by molar-refractivity contribution is -0.122. The van der Waals surface area contributed by atoms with Crippen molar-refractivity contribution >= 4 is 31.7 Å². The van der Waals surface area contributed by atoms with Gasteiger partial charge < -0.3 is 5.32 Å². The van der Waals surface area contributed by atoms with Crippen LogP contribution < -0.4 is 5.32 Å². The van der Waals surface area contributed by atoms with Crippen molar-refractivity contribution < 1.29 is 13.2 Å². The van der Waals surface area contributed by atoms with Crippen LogP contribution in [0.5, 0.6) is 0 Å². The lowest BCUT2D eigenvalue weighted by Crippen LogP contribution is -2.39. The Bertz CT molecular complexity index is 612. The van der Waals surface area contributed by atoms with Crippen molar-refractivity contribution in [2.24, 2.45) is 5.92 Å². The average Bonchev–Trinajstić information content (AvgIpc) is 3.19. The third-order valence-electron chi connectivity index (χ3n) is 3.76. The van der Waals surface area contributed by atoms with E-state index in [-0.39, 0.29) is 35.3 Å². The number of nitrogens with one attached hydrogen (secondary N) is 1. The van der Waals surface area contributed by atoms with E-state index in [1.165, 1.54) is 0 Å². The molecule has 1 aliphatic rings. The first-order valence-corrected chi connectivity index (χ1v) is 9.70. The molecule has 1 aromatic rings. The Balaban J connectivity index is 1.87. The Kier molecular flexibility index (Phi) is 5.09. The standard InChI is InChI=1S/C15H20BrNO3S/c1-3-21(19,20)9-10(2)17-15(18)14-8-13(14)11-4-6-12(16)7-5-11/h4-7,10,13-14H,3,8-9H2,1-2H3,(H,17,18). The summed E-state index contributed by atoms with van der Waals surface area (Å²) in [5, 5.41) is 2.82. The van der Waals surface area contributed by atoms with Gasteiger partial charge in [0.1, 0.15) is 0 Å². The van der Waals surface area contributed by atoms with Gasteiger partial charge in [0.2, 0.25) is 5.91 Å². The quantitative estimate of drug-likeness (QED) is 0.832. The lowest BCUT2D eigenvalue weighted by atomic mass is 10.1. The highest BCUT2D eigenvalue weighted by molar-refractivity contribution is 9.10. The van der Waals surface area contributed by atoms with Crippen molar-refractivity contribution in [1.82, 2.24) is 5.32 Å². The highest BCUT2D eigenvalue weighted by Gasteiger charge is 2.44. The topological polar surface area (TPSA) is 63.2 Å². The van der Waals surface area contributed by atoms with Gasteiger partial charge in [-0.05, 0) is 37.0 Å². The molecule has 1 aromatic carbocycles. The van der Waals surface area contributed by atoms with E-state index in [0.717, 1.165) is 16.5 Å². The highest BCUT2D eigenvalue weighted by Crippen LogP contribution is 2.47. The van der Waals surface area contributed by atoms with Gasteiger partial charge >= 0.3 is 0 Å². The van der Waals surface area contributed by atoms with Crippen molar-refractivity contribution in [2.75, 3.05) is 11.5 Å². The van der Waals surface area contributed by atoms with Crippen LogP contribution in [0.4, 0.5) is 0 Å². The van der Waals surface area contributed by atoms with Crippen LogP contribution in [0.25, 0.3) is 0 Å². The molecule has 0 bridgehead atoms. The van der Waals surface area contributed by atoms with E-state index in [1.807, 2.05) is 24.3 Å². The van der Waals surface area contributed by atoms with Crippen molar-refractivity contribution in [2.45, 2.75) is 32.2 Å². The third-order valence-corrected chi connectivity index (χ3v) is 6.17. The van der Waals surface area contributed by atoms with E-state index >= 15 is 0 Å². The molecular formula is C15H20BrNO3S. The number of hydrogen-bond donors (Lipinski definition) is 1. The summed E-state index contributed by atoms with van der Waals surface area (Å²) >= 11 is 3.39. The molecule has 0 aliphatic heterocycles. The molecule has 1 N–H and O–H groups in total. The molecule has 1 aliphatic carbocycles. The number of benzene rings is 1. The first-order valence-electron chi connectivity index (χ1n) is 7.08. The molecule has 1 saturated carbocycles. The first-order chi connectivity index (χ1) is 9.82. The van der Waals surface area contributed by atoms with Gasteiger partial charge in [0.25, 0.3) is 0 Å². The van der Waals surface area contributed by atoms with Gasteiger partial charge in [-0.15, -0.1) is 0 Å². The maximum absolute atomic E-state index is 12.1. The molecule has 0 spiro atoms. The summed E-state index contributed by atoms with van der Waals surface area (Å²) in [4.78, 5) is 12.1. The van der Waals surface area contributed by atoms with Crippen molar-refractivity contribution in [3.63, 3.8) is 0 Å². The van der Waals surface area contributed by atoms with Crippen molar-refractivity contribution in [3.8, 4) is 0 Å². The predicted octanol–water partition coefficient (Wildman–Crippen LogP) is 2.49. The monoisotopic (exact) mass is 373 g/mol. The van der Waals surface area contributed by atoms with Crippen LogP contribution in [0.2, 0.25) is 0 Å². The molecule has 116 valence electrons. The molecule has 0 radical (unpaired) electrons. The van der Waals surface area contributed by atoms with E-state index < -0.39 is 9.84 Å². The number of halogens is 1. The fourth-order valence-electron chi connectivity index (χ4n) is 2.45. The van der Waals surface area contributed by atoms with Crippen LogP contribution in [0.1, 0.15) is 31.7 Å². The molecule has 6 heteroatoms. The summed E-state index contributed by atoms with van der Waals surface area (Å²) in [6.45, 7) is 3.36. The summed E-state index contributed by atoms with van der Waals surface area (Å²) in [5.41, 5.74) is 1.16. The molecule has 3 atom stereocenters. The minimum atomic E-state index is -3.06. The summed E-state index contributed by atoms with van der Waals surface area (Å²) in [6, 6.07) is 7.65. The summed E-state index contributed by atoms with van der Waals surface area (Å²) in [5.74, 6) is 0.302. The van der Waals surface area contributed by atoms with Crippen molar-refractivity contribution in [3.05, 3.63) is 34.3 Å². The predicted molar refractivity (Wildman–Crippen MR) is 86.9 cm³/mol. The third kappa shape index (κ3) is 4.54. The zero-order valence-electron chi connectivity index (χ0n) is 12.2. The van der Waals surface area contributed by atoms with Gasteiger partial charge in [-0.1, -0.05) is 35.0 Å². The summed E-state index contributed by atoms with van der Waals surface area (Å²) in [6.07, 6.45) is 0.834.